The highest BCUT2D eigenvalue weighted by atomic mass is 32.2. The number of sulfonamides is 1. The minimum atomic E-state index is -3.71. The summed E-state index contributed by atoms with van der Waals surface area (Å²) in [5.74, 6) is 0. The van der Waals surface area contributed by atoms with Gasteiger partial charge in [0, 0.05) is 0 Å². The maximum atomic E-state index is 12.9. The van der Waals surface area contributed by atoms with Gasteiger partial charge in [-0.15, -0.1) is 0 Å². The normalized spacial score (nSPS) is 13.9. The second kappa shape index (κ2) is 7.83. The molecule has 0 amide bonds. The molecule has 0 heterocycles. The molecule has 2 atom stereocenters. The van der Waals surface area contributed by atoms with Gasteiger partial charge in [0.15, 0.2) is 0 Å². The van der Waals surface area contributed by atoms with E-state index in [1.165, 1.54) is 0 Å². The fourth-order valence-corrected chi connectivity index (χ4v) is 4.08. The van der Waals surface area contributed by atoms with E-state index in [1.807, 2.05) is 67.6 Å². The third-order valence-electron chi connectivity index (χ3n) is 4.32. The molecule has 3 rings (SSSR count). The molecule has 0 aliphatic rings. The fourth-order valence-electron chi connectivity index (χ4n) is 2.83. The monoisotopic (exact) mass is 366 g/mol. The molecule has 0 aliphatic carbocycles. The largest absolute Gasteiger partial charge is 0.322 e. The van der Waals surface area contributed by atoms with E-state index in [1.54, 1.807) is 24.3 Å². The Morgan fingerprint density at radius 1 is 0.769 bits per heavy atom. The van der Waals surface area contributed by atoms with E-state index in [0.717, 1.165) is 16.7 Å². The van der Waals surface area contributed by atoms with Gasteiger partial charge in [-0.05, 0) is 30.2 Å². The average molecular weight is 366 g/mol. The van der Waals surface area contributed by atoms with Gasteiger partial charge < -0.3 is 5.73 Å². The summed E-state index contributed by atoms with van der Waals surface area (Å²) < 4.78 is 28.6. The van der Waals surface area contributed by atoms with E-state index in [4.69, 9.17) is 5.73 Å². The summed E-state index contributed by atoms with van der Waals surface area (Å²) in [4.78, 5) is 0.226. The highest BCUT2D eigenvalue weighted by Crippen LogP contribution is 2.28. The molecular weight excluding hydrogens is 344 g/mol. The minimum absolute atomic E-state index is 0.226. The number of hydrogen-bond acceptors (Lipinski definition) is 3. The van der Waals surface area contributed by atoms with Crippen LogP contribution in [0.5, 0.6) is 0 Å². The molecule has 4 nitrogen and oxygen atoms in total. The first-order valence-corrected chi connectivity index (χ1v) is 9.90. The van der Waals surface area contributed by atoms with Crippen LogP contribution >= 0.6 is 0 Å². The number of aryl methyl sites for hydroxylation is 1. The summed E-state index contributed by atoms with van der Waals surface area (Å²) in [5, 5.41) is 0. The summed E-state index contributed by atoms with van der Waals surface area (Å²) in [6.07, 6.45) is 0. The maximum Gasteiger partial charge on any atom is 0.241 e. The van der Waals surface area contributed by atoms with E-state index in [9.17, 15) is 8.42 Å². The zero-order valence-corrected chi connectivity index (χ0v) is 15.4. The summed E-state index contributed by atoms with van der Waals surface area (Å²) in [6, 6.07) is 24.6. The predicted octanol–water partition coefficient (Wildman–Crippen LogP) is 3.71. The molecule has 134 valence electrons. The minimum Gasteiger partial charge on any atom is -0.322 e. The third kappa shape index (κ3) is 4.19. The van der Waals surface area contributed by atoms with E-state index in [2.05, 4.69) is 4.72 Å². The van der Waals surface area contributed by atoms with E-state index in [-0.39, 0.29) is 4.90 Å². The van der Waals surface area contributed by atoms with Crippen molar-refractivity contribution in [1.29, 1.82) is 0 Å². The number of nitrogens with one attached hydrogen (secondary N) is 1. The Labute approximate surface area is 154 Å². The highest BCUT2D eigenvalue weighted by Gasteiger charge is 2.27. The Hall–Kier alpha value is -2.47. The Bertz CT molecular complexity index is 940. The summed E-state index contributed by atoms with van der Waals surface area (Å²) in [5.41, 5.74) is 9.15. The lowest BCUT2D eigenvalue weighted by molar-refractivity contribution is 0.504. The number of rotatable bonds is 6. The summed E-state index contributed by atoms with van der Waals surface area (Å²) in [6.45, 7) is 1.92. The first kappa shape index (κ1) is 18.3. The van der Waals surface area contributed by atoms with Crippen molar-refractivity contribution in [1.82, 2.24) is 4.72 Å². The summed E-state index contributed by atoms with van der Waals surface area (Å²) >= 11 is 0. The zero-order chi connectivity index (χ0) is 18.6. The van der Waals surface area contributed by atoms with Crippen LogP contribution in [0, 0.1) is 6.92 Å². The second-order valence-electron chi connectivity index (χ2n) is 6.26. The molecule has 0 fully saturated rings. The SMILES string of the molecule is Cc1ccc(S(=O)(=O)N[C@@H](c2ccccc2)[C@@H](N)c2ccccc2)cc1. The van der Waals surface area contributed by atoms with Crippen molar-refractivity contribution in [2.24, 2.45) is 5.73 Å². The molecule has 3 aromatic carbocycles. The van der Waals surface area contributed by atoms with Crippen LogP contribution in [-0.4, -0.2) is 8.42 Å². The van der Waals surface area contributed by atoms with Crippen LogP contribution < -0.4 is 10.5 Å². The van der Waals surface area contributed by atoms with Crippen molar-refractivity contribution in [3.63, 3.8) is 0 Å². The number of hydrogen-bond donors (Lipinski definition) is 2. The fraction of sp³-hybridized carbons (Fsp3) is 0.143. The van der Waals surface area contributed by atoms with Gasteiger partial charge >= 0.3 is 0 Å². The van der Waals surface area contributed by atoms with Crippen LogP contribution in [-0.2, 0) is 10.0 Å². The smallest absolute Gasteiger partial charge is 0.241 e. The molecule has 5 heteroatoms. The second-order valence-corrected chi connectivity index (χ2v) is 7.97. The Morgan fingerprint density at radius 3 is 1.81 bits per heavy atom. The van der Waals surface area contributed by atoms with Crippen LogP contribution in [0.25, 0.3) is 0 Å². The molecule has 0 bridgehead atoms. The molecule has 0 unspecified atom stereocenters. The first-order chi connectivity index (χ1) is 12.5. The topological polar surface area (TPSA) is 72.2 Å². The van der Waals surface area contributed by atoms with Crippen LogP contribution in [0.2, 0.25) is 0 Å². The van der Waals surface area contributed by atoms with E-state index >= 15 is 0 Å². The molecule has 0 saturated heterocycles. The molecule has 0 radical (unpaired) electrons. The molecule has 0 aliphatic heterocycles. The molecule has 0 saturated carbocycles. The van der Waals surface area contributed by atoms with Crippen molar-refractivity contribution in [3.8, 4) is 0 Å². The molecule has 3 N–H and O–H groups in total. The van der Waals surface area contributed by atoms with Crippen LogP contribution in [0.4, 0.5) is 0 Å². The van der Waals surface area contributed by atoms with Crippen molar-refractivity contribution in [2.75, 3.05) is 0 Å². The lowest BCUT2D eigenvalue weighted by atomic mass is 9.95. The van der Waals surface area contributed by atoms with Gasteiger partial charge in [0.05, 0.1) is 17.0 Å². The van der Waals surface area contributed by atoms with Gasteiger partial charge in [0.2, 0.25) is 10.0 Å². The Balaban J connectivity index is 1.97. The standard InChI is InChI=1S/C21H22N2O2S/c1-16-12-14-19(15-13-16)26(24,25)23-21(18-10-6-3-7-11-18)20(22)17-8-4-2-5-9-17/h2-15,20-21,23H,22H2,1H3/t20-,21-/m0/s1. The third-order valence-corrected chi connectivity index (χ3v) is 5.77. The van der Waals surface area contributed by atoms with Gasteiger partial charge in [-0.2, -0.15) is 0 Å². The van der Waals surface area contributed by atoms with Crippen LogP contribution in [0.15, 0.2) is 89.8 Å². The van der Waals surface area contributed by atoms with Crippen molar-refractivity contribution < 1.29 is 8.42 Å². The quantitative estimate of drug-likeness (QED) is 0.698. The zero-order valence-electron chi connectivity index (χ0n) is 14.5. The van der Waals surface area contributed by atoms with Gasteiger partial charge in [-0.1, -0.05) is 78.4 Å². The van der Waals surface area contributed by atoms with Gasteiger partial charge in [-0.25, -0.2) is 13.1 Å². The molecule has 26 heavy (non-hydrogen) atoms. The van der Waals surface area contributed by atoms with Crippen molar-refractivity contribution in [2.45, 2.75) is 23.9 Å². The Kier molecular flexibility index (Phi) is 5.52. The molecule has 0 spiro atoms. The van der Waals surface area contributed by atoms with Gasteiger partial charge in [-0.3, -0.25) is 0 Å². The number of nitrogens with two attached hydrogens (primary N) is 1. The number of benzene rings is 3. The van der Waals surface area contributed by atoms with Crippen molar-refractivity contribution >= 4 is 10.0 Å². The van der Waals surface area contributed by atoms with Crippen LogP contribution in [0.1, 0.15) is 28.8 Å². The van der Waals surface area contributed by atoms with Gasteiger partial charge in [0.1, 0.15) is 0 Å². The lowest BCUT2D eigenvalue weighted by Crippen LogP contribution is -2.36. The summed E-state index contributed by atoms with van der Waals surface area (Å²) in [7, 11) is -3.71. The molecule has 3 aromatic rings. The predicted molar refractivity (Wildman–Crippen MR) is 104 cm³/mol. The molecular formula is C21H22N2O2S. The van der Waals surface area contributed by atoms with Crippen molar-refractivity contribution in [3.05, 3.63) is 102 Å². The van der Waals surface area contributed by atoms with Crippen LogP contribution in [0.3, 0.4) is 0 Å². The van der Waals surface area contributed by atoms with E-state index < -0.39 is 22.1 Å². The van der Waals surface area contributed by atoms with Gasteiger partial charge in [0.25, 0.3) is 0 Å². The maximum absolute atomic E-state index is 12.9. The van der Waals surface area contributed by atoms with E-state index in [0.29, 0.717) is 0 Å². The Morgan fingerprint density at radius 2 is 1.27 bits per heavy atom. The highest BCUT2D eigenvalue weighted by molar-refractivity contribution is 7.89. The lowest BCUT2D eigenvalue weighted by Gasteiger charge is -2.26. The molecule has 0 aromatic heterocycles. The first-order valence-electron chi connectivity index (χ1n) is 8.42. The average Bonchev–Trinajstić information content (AvgIpc) is 2.67.